The van der Waals surface area contributed by atoms with Crippen molar-refractivity contribution in [3.8, 4) is 0 Å². The summed E-state index contributed by atoms with van der Waals surface area (Å²) >= 11 is 1.56. The van der Waals surface area contributed by atoms with E-state index in [2.05, 4.69) is 4.98 Å². The number of imide groups is 1. The van der Waals surface area contributed by atoms with Gasteiger partial charge >= 0.3 is 0 Å². The van der Waals surface area contributed by atoms with Crippen LogP contribution in [0.15, 0.2) is 48.5 Å². The summed E-state index contributed by atoms with van der Waals surface area (Å²) in [6.45, 7) is 0.498. The number of fused-ring (bicyclic) bond motifs is 2. The maximum absolute atomic E-state index is 12.6. The molecule has 3 amide bonds. The Hall–Kier alpha value is -3.06. The molecule has 142 valence electrons. The van der Waals surface area contributed by atoms with Gasteiger partial charge in [0.1, 0.15) is 5.01 Å². The predicted molar refractivity (Wildman–Crippen MR) is 107 cm³/mol. The minimum atomic E-state index is -0.325. The summed E-state index contributed by atoms with van der Waals surface area (Å²) in [6, 6.07) is 15.0. The van der Waals surface area contributed by atoms with Gasteiger partial charge in [-0.15, -0.1) is 11.3 Å². The highest BCUT2D eigenvalue weighted by Gasteiger charge is 2.30. The SMILES string of the molecule is CN(Cc1nc2ccccc2s1)C(=O)CCN1C(=O)Cc2ccccc2C1=O. The second-order valence-corrected chi connectivity index (χ2v) is 7.87. The molecule has 1 aromatic heterocycles. The van der Waals surface area contributed by atoms with Gasteiger partial charge in [-0.1, -0.05) is 30.3 Å². The monoisotopic (exact) mass is 393 g/mol. The largest absolute Gasteiger partial charge is 0.339 e. The fourth-order valence-electron chi connectivity index (χ4n) is 3.30. The zero-order valence-electron chi connectivity index (χ0n) is 15.4. The maximum Gasteiger partial charge on any atom is 0.260 e. The van der Waals surface area contributed by atoms with E-state index in [0.29, 0.717) is 12.1 Å². The first-order valence-electron chi connectivity index (χ1n) is 9.04. The van der Waals surface area contributed by atoms with E-state index in [1.165, 1.54) is 4.90 Å². The lowest BCUT2D eigenvalue weighted by molar-refractivity contribution is -0.132. The van der Waals surface area contributed by atoms with Crippen LogP contribution < -0.4 is 0 Å². The molecule has 3 aromatic rings. The Morgan fingerprint density at radius 3 is 2.71 bits per heavy atom. The Balaban J connectivity index is 1.38. The van der Waals surface area contributed by atoms with Crippen LogP contribution in [-0.2, 0) is 22.6 Å². The van der Waals surface area contributed by atoms with Gasteiger partial charge in [0, 0.05) is 25.6 Å². The first-order chi connectivity index (χ1) is 13.5. The Morgan fingerprint density at radius 1 is 1.14 bits per heavy atom. The zero-order chi connectivity index (χ0) is 19.7. The molecule has 1 aliphatic rings. The molecular formula is C21H19N3O3S. The molecule has 0 unspecified atom stereocenters. The summed E-state index contributed by atoms with van der Waals surface area (Å²) < 4.78 is 1.08. The van der Waals surface area contributed by atoms with Gasteiger partial charge in [-0.2, -0.15) is 0 Å². The van der Waals surface area contributed by atoms with Crippen molar-refractivity contribution in [2.45, 2.75) is 19.4 Å². The van der Waals surface area contributed by atoms with Gasteiger partial charge in [-0.25, -0.2) is 4.98 Å². The number of para-hydroxylation sites is 1. The topological polar surface area (TPSA) is 70.6 Å². The summed E-state index contributed by atoms with van der Waals surface area (Å²) in [5.74, 6) is -0.711. The number of rotatable bonds is 5. The molecule has 0 N–H and O–H groups in total. The quantitative estimate of drug-likeness (QED) is 0.625. The van der Waals surface area contributed by atoms with E-state index >= 15 is 0 Å². The lowest BCUT2D eigenvalue weighted by Gasteiger charge is -2.27. The highest BCUT2D eigenvalue weighted by Crippen LogP contribution is 2.23. The van der Waals surface area contributed by atoms with Crippen LogP contribution in [0.4, 0.5) is 0 Å². The zero-order valence-corrected chi connectivity index (χ0v) is 16.2. The van der Waals surface area contributed by atoms with E-state index in [4.69, 9.17) is 0 Å². The normalized spacial score (nSPS) is 13.7. The third-order valence-electron chi connectivity index (χ3n) is 4.82. The van der Waals surface area contributed by atoms with Gasteiger partial charge in [0.15, 0.2) is 0 Å². The van der Waals surface area contributed by atoms with Gasteiger partial charge in [0.25, 0.3) is 5.91 Å². The second-order valence-electron chi connectivity index (χ2n) is 6.76. The number of carbonyl (C=O) groups is 3. The van der Waals surface area contributed by atoms with Crippen LogP contribution in [0.3, 0.4) is 0 Å². The number of amides is 3. The summed E-state index contributed by atoms with van der Waals surface area (Å²) in [5.41, 5.74) is 2.21. The highest BCUT2D eigenvalue weighted by molar-refractivity contribution is 7.18. The predicted octanol–water partition coefficient (Wildman–Crippen LogP) is 2.87. The van der Waals surface area contributed by atoms with Crippen molar-refractivity contribution in [3.63, 3.8) is 0 Å². The summed E-state index contributed by atoms with van der Waals surface area (Å²) in [6.07, 6.45) is 0.290. The van der Waals surface area contributed by atoms with Crippen LogP contribution in [0.2, 0.25) is 0 Å². The number of carbonyl (C=O) groups excluding carboxylic acids is 3. The van der Waals surface area contributed by atoms with E-state index < -0.39 is 0 Å². The lowest BCUT2D eigenvalue weighted by atomic mass is 9.98. The maximum atomic E-state index is 12.6. The fourth-order valence-corrected chi connectivity index (χ4v) is 4.32. The molecule has 2 aromatic carbocycles. The Labute approximate surface area is 166 Å². The number of hydrogen-bond acceptors (Lipinski definition) is 5. The van der Waals surface area contributed by atoms with Crippen LogP contribution in [-0.4, -0.2) is 46.1 Å². The van der Waals surface area contributed by atoms with E-state index in [1.54, 1.807) is 41.5 Å². The third kappa shape index (κ3) is 3.53. The van der Waals surface area contributed by atoms with E-state index in [0.717, 1.165) is 20.8 Å². The molecule has 0 saturated heterocycles. The number of benzene rings is 2. The van der Waals surface area contributed by atoms with E-state index in [-0.39, 0.29) is 37.1 Å². The van der Waals surface area contributed by atoms with Crippen LogP contribution in [0.5, 0.6) is 0 Å². The molecular weight excluding hydrogens is 374 g/mol. The number of aromatic nitrogens is 1. The summed E-state index contributed by atoms with van der Waals surface area (Å²) in [7, 11) is 1.71. The van der Waals surface area contributed by atoms with Crippen molar-refractivity contribution in [1.82, 2.24) is 14.8 Å². The van der Waals surface area contributed by atoms with E-state index in [9.17, 15) is 14.4 Å². The minimum Gasteiger partial charge on any atom is -0.339 e. The lowest BCUT2D eigenvalue weighted by Crippen LogP contribution is -2.44. The number of hydrogen-bond donors (Lipinski definition) is 0. The van der Waals surface area contributed by atoms with Gasteiger partial charge in [-0.05, 0) is 23.8 Å². The standard InChI is InChI=1S/C21H19N3O3S/c1-23(13-18-22-16-8-4-5-9-17(16)28-18)19(25)10-11-24-20(26)12-14-6-2-3-7-15(14)21(24)27/h2-9H,10-13H2,1H3. The molecule has 0 bridgehead atoms. The molecule has 0 aliphatic carbocycles. The summed E-state index contributed by atoms with van der Waals surface area (Å²) in [4.78, 5) is 44.7. The van der Waals surface area contributed by atoms with Crippen molar-refractivity contribution < 1.29 is 14.4 Å². The number of thiazole rings is 1. The van der Waals surface area contributed by atoms with Crippen LogP contribution in [0, 0.1) is 0 Å². The fraction of sp³-hybridized carbons (Fsp3) is 0.238. The molecule has 0 atom stereocenters. The smallest absolute Gasteiger partial charge is 0.260 e. The van der Waals surface area contributed by atoms with Crippen LogP contribution >= 0.6 is 11.3 Å². The molecule has 0 fully saturated rings. The molecule has 0 spiro atoms. The van der Waals surface area contributed by atoms with Gasteiger partial charge in [0.05, 0.1) is 23.2 Å². The first kappa shape index (κ1) is 18.3. The third-order valence-corrected chi connectivity index (χ3v) is 5.84. The van der Waals surface area contributed by atoms with Crippen molar-refractivity contribution in [2.75, 3.05) is 13.6 Å². The Kier molecular flexibility index (Phi) is 4.92. The Morgan fingerprint density at radius 2 is 1.89 bits per heavy atom. The molecule has 4 rings (SSSR count). The number of nitrogens with zero attached hydrogens (tertiary/aromatic N) is 3. The van der Waals surface area contributed by atoms with Crippen molar-refractivity contribution in [2.24, 2.45) is 0 Å². The molecule has 2 heterocycles. The molecule has 0 radical (unpaired) electrons. The first-order valence-corrected chi connectivity index (χ1v) is 9.85. The Bertz CT molecular complexity index is 1040. The van der Waals surface area contributed by atoms with Gasteiger partial charge in [-0.3, -0.25) is 19.3 Å². The summed E-state index contributed by atoms with van der Waals surface area (Å²) in [5, 5.41) is 0.858. The second kappa shape index (κ2) is 7.52. The van der Waals surface area contributed by atoms with Crippen molar-refractivity contribution >= 4 is 39.3 Å². The van der Waals surface area contributed by atoms with Gasteiger partial charge in [0.2, 0.25) is 11.8 Å². The molecule has 6 nitrogen and oxygen atoms in total. The van der Waals surface area contributed by atoms with E-state index in [1.807, 2.05) is 30.3 Å². The average molecular weight is 393 g/mol. The highest BCUT2D eigenvalue weighted by atomic mass is 32.1. The van der Waals surface area contributed by atoms with Gasteiger partial charge < -0.3 is 4.90 Å². The molecule has 0 saturated carbocycles. The van der Waals surface area contributed by atoms with Crippen molar-refractivity contribution in [3.05, 3.63) is 64.7 Å². The van der Waals surface area contributed by atoms with Crippen LogP contribution in [0.25, 0.3) is 10.2 Å². The molecule has 1 aliphatic heterocycles. The molecule has 28 heavy (non-hydrogen) atoms. The average Bonchev–Trinajstić information content (AvgIpc) is 3.09. The minimum absolute atomic E-state index is 0.0923. The van der Waals surface area contributed by atoms with Crippen molar-refractivity contribution in [1.29, 1.82) is 0 Å². The van der Waals surface area contributed by atoms with Crippen LogP contribution in [0.1, 0.15) is 27.3 Å². The molecule has 7 heteroatoms.